The lowest BCUT2D eigenvalue weighted by Crippen LogP contribution is -2.00. The molecular weight excluding hydrogens is 362 g/mol. The molecule has 0 aliphatic rings. The number of ether oxygens (including phenoxy) is 1. The number of halogens is 1. The van der Waals surface area contributed by atoms with Crippen molar-refractivity contribution in [2.75, 3.05) is 12.4 Å². The van der Waals surface area contributed by atoms with Gasteiger partial charge < -0.3 is 15.2 Å². The number of hydrogen-bond acceptors (Lipinski definition) is 5. The van der Waals surface area contributed by atoms with Gasteiger partial charge in [-0.15, -0.1) is 0 Å². The second-order valence-corrected chi connectivity index (χ2v) is 6.34. The van der Waals surface area contributed by atoms with Crippen LogP contribution >= 0.6 is 11.6 Å². The average molecular weight is 378 g/mol. The van der Waals surface area contributed by atoms with Crippen LogP contribution in [0.1, 0.15) is 0 Å². The first kappa shape index (κ1) is 17.1. The Kier molecular flexibility index (Phi) is 4.52. The van der Waals surface area contributed by atoms with Crippen molar-refractivity contribution in [1.82, 2.24) is 9.97 Å². The number of methoxy groups -OCH3 is 1. The van der Waals surface area contributed by atoms with Crippen LogP contribution in [0.25, 0.3) is 22.3 Å². The number of fused-ring (bicyclic) bond motifs is 1. The van der Waals surface area contributed by atoms with Gasteiger partial charge in [-0.2, -0.15) is 0 Å². The number of aromatic nitrogens is 2. The zero-order valence-corrected chi connectivity index (χ0v) is 15.2. The highest BCUT2D eigenvalue weighted by Gasteiger charge is 2.15. The van der Waals surface area contributed by atoms with E-state index in [2.05, 4.69) is 15.3 Å². The van der Waals surface area contributed by atoms with Gasteiger partial charge in [-0.1, -0.05) is 35.9 Å². The number of anilines is 2. The summed E-state index contributed by atoms with van der Waals surface area (Å²) < 4.78 is 5.20. The number of hydrogen-bond donors (Lipinski definition) is 2. The van der Waals surface area contributed by atoms with Crippen molar-refractivity contribution in [2.24, 2.45) is 0 Å². The number of aromatic hydroxyl groups is 1. The molecule has 4 rings (SSSR count). The lowest BCUT2D eigenvalue weighted by atomic mass is 10.1. The lowest BCUT2D eigenvalue weighted by Gasteiger charge is -2.13. The van der Waals surface area contributed by atoms with Crippen molar-refractivity contribution in [2.45, 2.75) is 0 Å². The third-order valence-electron chi connectivity index (χ3n) is 4.15. The van der Waals surface area contributed by atoms with Crippen LogP contribution in [0.4, 0.5) is 11.5 Å². The van der Waals surface area contributed by atoms with E-state index < -0.39 is 0 Å². The largest absolute Gasteiger partial charge is 0.504 e. The number of nitrogens with zero attached hydrogens (tertiary/aromatic N) is 2. The van der Waals surface area contributed by atoms with Gasteiger partial charge in [0.25, 0.3) is 0 Å². The monoisotopic (exact) mass is 377 g/mol. The van der Waals surface area contributed by atoms with Crippen LogP contribution in [0, 0.1) is 0 Å². The number of phenolic OH excluding ortho intramolecular Hbond substituents is 1. The van der Waals surface area contributed by atoms with E-state index in [0.29, 0.717) is 28.0 Å². The molecule has 6 heteroatoms. The number of phenols is 1. The molecule has 5 nitrogen and oxygen atoms in total. The zero-order chi connectivity index (χ0) is 18.8. The van der Waals surface area contributed by atoms with Gasteiger partial charge in [-0.25, -0.2) is 9.97 Å². The highest BCUT2D eigenvalue weighted by Crippen LogP contribution is 2.37. The zero-order valence-electron chi connectivity index (χ0n) is 14.5. The molecule has 0 atom stereocenters. The van der Waals surface area contributed by atoms with E-state index in [0.717, 1.165) is 16.6 Å². The lowest BCUT2D eigenvalue weighted by molar-refractivity contribution is 0.374. The molecule has 3 aromatic carbocycles. The van der Waals surface area contributed by atoms with Crippen molar-refractivity contribution in [3.8, 4) is 22.9 Å². The molecule has 0 bridgehead atoms. The van der Waals surface area contributed by atoms with Gasteiger partial charge in [0.05, 0.1) is 18.2 Å². The molecule has 0 fully saturated rings. The van der Waals surface area contributed by atoms with Gasteiger partial charge in [0.2, 0.25) is 0 Å². The molecule has 2 N–H and O–H groups in total. The maximum atomic E-state index is 10.5. The predicted molar refractivity (Wildman–Crippen MR) is 108 cm³/mol. The summed E-state index contributed by atoms with van der Waals surface area (Å²) >= 11 is 6.09. The quantitative estimate of drug-likeness (QED) is 0.498. The van der Waals surface area contributed by atoms with Crippen LogP contribution in [-0.2, 0) is 0 Å². The highest BCUT2D eigenvalue weighted by atomic mass is 35.5. The van der Waals surface area contributed by atoms with Crippen LogP contribution in [-0.4, -0.2) is 22.2 Å². The van der Waals surface area contributed by atoms with Crippen LogP contribution in [0.3, 0.4) is 0 Å². The predicted octanol–water partition coefficient (Wildman–Crippen LogP) is 5.41. The van der Waals surface area contributed by atoms with E-state index in [1.807, 2.05) is 48.5 Å². The SMILES string of the molecule is COc1cccc(-c2nc(Nc3cccc(Cl)c3)c3ccccc3n2)c1O. The van der Waals surface area contributed by atoms with E-state index in [-0.39, 0.29) is 5.75 Å². The fourth-order valence-electron chi connectivity index (χ4n) is 2.86. The van der Waals surface area contributed by atoms with Gasteiger partial charge in [-0.3, -0.25) is 0 Å². The minimum absolute atomic E-state index is 0.00369. The number of para-hydroxylation sites is 2. The Labute approximate surface area is 161 Å². The van der Waals surface area contributed by atoms with E-state index in [1.54, 1.807) is 18.2 Å². The van der Waals surface area contributed by atoms with Crippen molar-refractivity contribution >= 4 is 34.0 Å². The van der Waals surface area contributed by atoms with Crippen LogP contribution in [0.2, 0.25) is 5.02 Å². The molecule has 1 aromatic heterocycles. The van der Waals surface area contributed by atoms with Crippen LogP contribution < -0.4 is 10.1 Å². The molecule has 27 heavy (non-hydrogen) atoms. The molecule has 0 aliphatic carbocycles. The molecule has 0 saturated carbocycles. The van der Waals surface area contributed by atoms with E-state index in [4.69, 9.17) is 16.3 Å². The summed E-state index contributed by atoms with van der Waals surface area (Å²) in [7, 11) is 1.51. The molecule has 0 radical (unpaired) electrons. The van der Waals surface area contributed by atoms with Crippen LogP contribution in [0.15, 0.2) is 66.7 Å². The Morgan fingerprint density at radius 3 is 2.59 bits per heavy atom. The fourth-order valence-corrected chi connectivity index (χ4v) is 3.05. The summed E-state index contributed by atoms with van der Waals surface area (Å²) in [5.41, 5.74) is 2.07. The van der Waals surface area contributed by atoms with Crippen LogP contribution in [0.5, 0.6) is 11.5 Å². The van der Waals surface area contributed by atoms with Crippen molar-refractivity contribution in [1.29, 1.82) is 0 Å². The van der Waals surface area contributed by atoms with Gasteiger partial charge in [0.15, 0.2) is 17.3 Å². The van der Waals surface area contributed by atoms with Gasteiger partial charge >= 0.3 is 0 Å². The second-order valence-electron chi connectivity index (χ2n) is 5.90. The van der Waals surface area contributed by atoms with Gasteiger partial charge in [0.1, 0.15) is 5.82 Å². The third kappa shape index (κ3) is 3.37. The first-order valence-corrected chi connectivity index (χ1v) is 8.69. The molecule has 0 unspecified atom stereocenters. The molecule has 0 spiro atoms. The van der Waals surface area contributed by atoms with Crippen molar-refractivity contribution in [3.05, 3.63) is 71.8 Å². The first-order valence-electron chi connectivity index (χ1n) is 8.31. The second kappa shape index (κ2) is 7.13. The Morgan fingerprint density at radius 1 is 0.963 bits per heavy atom. The van der Waals surface area contributed by atoms with Gasteiger partial charge in [-0.05, 0) is 42.5 Å². The summed E-state index contributed by atoms with van der Waals surface area (Å²) in [5, 5.41) is 15.3. The maximum absolute atomic E-state index is 10.5. The highest BCUT2D eigenvalue weighted by molar-refractivity contribution is 6.30. The molecule has 0 aliphatic heterocycles. The maximum Gasteiger partial charge on any atom is 0.168 e. The standard InChI is InChI=1S/C21H16ClN3O2/c1-27-18-11-5-9-16(19(18)26)21-24-17-10-3-2-8-15(17)20(25-21)23-14-7-4-6-13(22)12-14/h2-12,26H,1H3,(H,23,24,25). The molecule has 0 amide bonds. The van der Waals surface area contributed by atoms with Crippen molar-refractivity contribution < 1.29 is 9.84 Å². The van der Waals surface area contributed by atoms with E-state index >= 15 is 0 Å². The number of nitrogens with one attached hydrogen (secondary N) is 1. The Balaban J connectivity index is 1.89. The Hall–Kier alpha value is -3.31. The summed E-state index contributed by atoms with van der Waals surface area (Å²) in [5.74, 6) is 1.40. The van der Waals surface area contributed by atoms with Crippen molar-refractivity contribution in [3.63, 3.8) is 0 Å². The smallest absolute Gasteiger partial charge is 0.168 e. The molecule has 134 valence electrons. The Morgan fingerprint density at radius 2 is 1.78 bits per heavy atom. The summed E-state index contributed by atoms with van der Waals surface area (Å²) in [4.78, 5) is 9.26. The Bertz CT molecular complexity index is 1130. The number of rotatable bonds is 4. The molecule has 0 saturated heterocycles. The summed E-state index contributed by atoms with van der Waals surface area (Å²) in [6, 6.07) is 20.3. The fraction of sp³-hybridized carbons (Fsp3) is 0.0476. The van der Waals surface area contributed by atoms with Gasteiger partial charge in [0, 0.05) is 16.1 Å². The normalized spacial score (nSPS) is 10.7. The summed E-state index contributed by atoms with van der Waals surface area (Å²) in [6.45, 7) is 0. The molecular formula is C21H16ClN3O2. The van der Waals surface area contributed by atoms with E-state index in [9.17, 15) is 5.11 Å². The minimum Gasteiger partial charge on any atom is -0.504 e. The summed E-state index contributed by atoms with van der Waals surface area (Å²) in [6.07, 6.45) is 0. The molecule has 1 heterocycles. The first-order chi connectivity index (χ1) is 13.2. The number of benzene rings is 3. The molecule has 4 aromatic rings. The minimum atomic E-state index is 0.00369. The third-order valence-corrected chi connectivity index (χ3v) is 4.39. The van der Waals surface area contributed by atoms with E-state index in [1.165, 1.54) is 7.11 Å². The topological polar surface area (TPSA) is 67.3 Å². The average Bonchev–Trinajstić information content (AvgIpc) is 2.68.